The van der Waals surface area contributed by atoms with Crippen molar-refractivity contribution in [1.82, 2.24) is 10.3 Å². The molecule has 0 bridgehead atoms. The van der Waals surface area contributed by atoms with Gasteiger partial charge >= 0.3 is 5.97 Å². The molecule has 6 nitrogen and oxygen atoms in total. The van der Waals surface area contributed by atoms with Crippen LogP contribution >= 0.6 is 27.5 Å². The van der Waals surface area contributed by atoms with Gasteiger partial charge in [0.2, 0.25) is 0 Å². The summed E-state index contributed by atoms with van der Waals surface area (Å²) < 4.78 is 35.7. The summed E-state index contributed by atoms with van der Waals surface area (Å²) in [5.74, 6) is -4.03. The first-order chi connectivity index (χ1) is 21.9. The van der Waals surface area contributed by atoms with E-state index >= 15 is 4.39 Å². The van der Waals surface area contributed by atoms with Crippen molar-refractivity contribution in [2.24, 2.45) is 0 Å². The number of aromatic nitrogens is 1. The number of hydrogen-bond donors (Lipinski definition) is 1. The van der Waals surface area contributed by atoms with E-state index in [1.807, 2.05) is 0 Å². The fourth-order valence-electron chi connectivity index (χ4n) is 5.77. The van der Waals surface area contributed by atoms with Gasteiger partial charge in [-0.15, -0.1) is 10.4 Å². The van der Waals surface area contributed by atoms with Crippen LogP contribution in [0.3, 0.4) is 0 Å². The molecule has 48 heavy (non-hydrogen) atoms. The number of esters is 1. The van der Waals surface area contributed by atoms with Crippen LogP contribution in [-0.2, 0) is 9.53 Å². The Hall–Kier alpha value is -2.26. The Balaban J connectivity index is 1.81. The predicted octanol–water partition coefficient (Wildman–Crippen LogP) is 3.58. The number of pyridine rings is 1. The summed E-state index contributed by atoms with van der Waals surface area (Å²) in [6, 6.07) is 6.71. The van der Waals surface area contributed by atoms with E-state index in [-0.39, 0.29) is 47.4 Å². The smallest absolute Gasteiger partial charge is 0.306 e. The van der Waals surface area contributed by atoms with Crippen LogP contribution in [0.1, 0.15) is 61.0 Å². The fraction of sp³-hybridized carbons (Fsp3) is 0.433. The van der Waals surface area contributed by atoms with Gasteiger partial charge in [0.05, 0.1) is 78.9 Å². The fourth-order valence-corrected chi connectivity index (χ4v) is 6.44. The summed E-state index contributed by atoms with van der Waals surface area (Å²) in [4.78, 5) is 32.3. The lowest BCUT2D eigenvalue weighted by Crippen LogP contribution is -2.60. The molecule has 1 aliphatic rings. The maximum absolute atomic E-state index is 15.1. The average molecular weight is 715 g/mol. The van der Waals surface area contributed by atoms with Gasteiger partial charge in [0, 0.05) is 39.9 Å². The number of amides is 1. The SMILES string of the molecule is [B]C1([B])N(c2nc3ccc(Br)cc3c(C(=O)NCC(CCC(=O)OC(C)(C)C)c3c(F)ccc(F)c3Cl)c2C)C([B])([B])C([B])([B])C1([B])[B]. The summed E-state index contributed by atoms with van der Waals surface area (Å²) in [7, 11) is 50.6. The number of benzene rings is 2. The molecule has 0 aliphatic carbocycles. The van der Waals surface area contributed by atoms with Gasteiger partial charge in [-0.25, -0.2) is 13.8 Å². The van der Waals surface area contributed by atoms with Gasteiger partial charge in [0.25, 0.3) is 5.91 Å². The molecule has 2 heterocycles. The molecule has 230 valence electrons. The molecule has 1 aromatic heterocycles. The highest BCUT2D eigenvalue weighted by molar-refractivity contribution is 9.10. The standard InChI is InChI=1S/C30H25B8BrClF2N3O3/c1-13-21(25(47)43-12-14(5-10-20(46)48-26(2,3)4)22-17(41)7-8-18(42)23(22)40)16-11-15(39)6-9-19(16)44-24(13)45-29(35,36)27(31,32)28(33,34)30(45,37)38/h6-9,11,14H,5,10,12H2,1-4H3,(H,43,47). The minimum atomic E-state index is -2.30. The van der Waals surface area contributed by atoms with Crippen molar-refractivity contribution in [2.75, 3.05) is 11.4 Å². The first-order valence-electron chi connectivity index (χ1n) is 14.7. The van der Waals surface area contributed by atoms with Crippen molar-refractivity contribution in [1.29, 1.82) is 0 Å². The van der Waals surface area contributed by atoms with Crippen LogP contribution in [-0.4, -0.2) is 102 Å². The van der Waals surface area contributed by atoms with Crippen LogP contribution in [0.4, 0.5) is 14.6 Å². The number of hydrogen-bond acceptors (Lipinski definition) is 5. The molecule has 1 saturated heterocycles. The van der Waals surface area contributed by atoms with Crippen molar-refractivity contribution in [3.05, 3.63) is 68.2 Å². The Morgan fingerprint density at radius 3 is 2.12 bits per heavy atom. The van der Waals surface area contributed by atoms with Gasteiger partial charge in [-0.2, -0.15) is 0 Å². The first kappa shape index (κ1) is 38.5. The quantitative estimate of drug-likeness (QED) is 0.220. The molecule has 0 spiro atoms. The number of nitrogens with one attached hydrogen (secondary N) is 1. The van der Waals surface area contributed by atoms with Gasteiger partial charge < -0.3 is 15.0 Å². The summed E-state index contributed by atoms with van der Waals surface area (Å²) >= 11 is 9.62. The largest absolute Gasteiger partial charge is 0.460 e. The minimum absolute atomic E-state index is 0.0470. The lowest BCUT2D eigenvalue weighted by Gasteiger charge is -2.49. The number of rotatable bonds is 8. The molecule has 18 heteroatoms. The zero-order valence-corrected chi connectivity index (χ0v) is 29.2. The number of carbonyl (C=O) groups excluding carboxylic acids is 2. The Kier molecular flexibility index (Phi) is 10.5. The topological polar surface area (TPSA) is 71.5 Å². The predicted molar refractivity (Wildman–Crippen MR) is 195 cm³/mol. The Morgan fingerprint density at radius 1 is 1.00 bits per heavy atom. The second-order valence-electron chi connectivity index (χ2n) is 13.1. The molecule has 1 aliphatic heterocycles. The minimum Gasteiger partial charge on any atom is -0.460 e. The third-order valence-electron chi connectivity index (χ3n) is 8.47. The lowest BCUT2D eigenvalue weighted by atomic mass is 9.17. The summed E-state index contributed by atoms with van der Waals surface area (Å²) in [6.07, 6.45) is -0.233. The van der Waals surface area contributed by atoms with Gasteiger partial charge in [0.15, 0.2) is 0 Å². The van der Waals surface area contributed by atoms with E-state index in [0.29, 0.717) is 9.86 Å². The van der Waals surface area contributed by atoms with E-state index in [4.69, 9.17) is 79.1 Å². The zero-order chi connectivity index (χ0) is 36.4. The van der Waals surface area contributed by atoms with Gasteiger partial charge in [0.1, 0.15) is 23.1 Å². The molecular weight excluding hydrogens is 690 g/mol. The van der Waals surface area contributed by atoms with Crippen molar-refractivity contribution in [3.8, 4) is 0 Å². The molecule has 4 rings (SSSR count). The summed E-state index contributed by atoms with van der Waals surface area (Å²) in [6.45, 7) is 6.33. The second-order valence-corrected chi connectivity index (χ2v) is 14.4. The van der Waals surface area contributed by atoms with Crippen molar-refractivity contribution >= 4 is 119 Å². The first-order valence-corrected chi connectivity index (χ1v) is 15.9. The number of nitrogens with zero attached hydrogens (tertiary/aromatic N) is 2. The molecule has 1 N–H and O–H groups in total. The Morgan fingerprint density at radius 2 is 1.56 bits per heavy atom. The highest BCUT2D eigenvalue weighted by Gasteiger charge is 2.63. The molecular formula is C30H25B8BrClF2N3O3. The summed E-state index contributed by atoms with van der Waals surface area (Å²) in [5, 5.41) is -6.53. The van der Waals surface area contributed by atoms with Crippen molar-refractivity contribution < 1.29 is 23.1 Å². The van der Waals surface area contributed by atoms with E-state index in [9.17, 15) is 14.0 Å². The average Bonchev–Trinajstić information content (AvgIpc) is 3.01. The third kappa shape index (κ3) is 6.63. The molecule has 1 unspecified atom stereocenters. The highest BCUT2D eigenvalue weighted by Crippen LogP contribution is 2.64. The second kappa shape index (κ2) is 13.1. The molecule has 1 atom stereocenters. The molecule has 0 saturated carbocycles. The van der Waals surface area contributed by atoms with E-state index < -0.39 is 61.2 Å². The maximum atomic E-state index is 15.1. The lowest BCUT2D eigenvalue weighted by molar-refractivity contribution is -0.155. The Labute approximate surface area is 303 Å². The van der Waals surface area contributed by atoms with Crippen LogP contribution in [0.5, 0.6) is 0 Å². The van der Waals surface area contributed by atoms with Crippen LogP contribution in [0, 0.1) is 18.6 Å². The van der Waals surface area contributed by atoms with E-state index in [1.54, 1.807) is 39.0 Å². The third-order valence-corrected chi connectivity index (χ3v) is 9.34. The van der Waals surface area contributed by atoms with E-state index in [1.165, 1.54) is 6.92 Å². The van der Waals surface area contributed by atoms with Crippen LogP contribution in [0.15, 0.2) is 34.8 Å². The van der Waals surface area contributed by atoms with Crippen LogP contribution < -0.4 is 10.2 Å². The van der Waals surface area contributed by atoms with Crippen molar-refractivity contribution in [2.45, 2.75) is 73.2 Å². The van der Waals surface area contributed by atoms with E-state index in [0.717, 1.165) is 17.0 Å². The van der Waals surface area contributed by atoms with Gasteiger partial charge in [-0.1, -0.05) is 27.5 Å². The van der Waals surface area contributed by atoms with Crippen molar-refractivity contribution in [3.63, 3.8) is 0 Å². The number of halogens is 4. The van der Waals surface area contributed by atoms with Crippen LogP contribution in [0.2, 0.25) is 15.5 Å². The van der Waals surface area contributed by atoms with Gasteiger partial charge in [-0.05, 0) is 75.1 Å². The normalized spacial score (nSPS) is 18.4. The number of anilines is 1. The molecule has 1 fully saturated rings. The number of carbonyl (C=O) groups is 2. The highest BCUT2D eigenvalue weighted by atomic mass is 79.9. The Bertz CT molecular complexity index is 1770. The molecule has 16 radical (unpaired) electrons. The maximum Gasteiger partial charge on any atom is 0.306 e. The number of fused-ring (bicyclic) bond motifs is 1. The van der Waals surface area contributed by atoms with E-state index in [2.05, 4.69) is 26.2 Å². The molecule has 3 aromatic rings. The monoisotopic (exact) mass is 715 g/mol. The molecule has 1 amide bonds. The number of ether oxygens (including phenoxy) is 1. The molecule has 2 aromatic carbocycles. The van der Waals surface area contributed by atoms with Crippen LogP contribution in [0.25, 0.3) is 10.9 Å². The van der Waals surface area contributed by atoms with Gasteiger partial charge in [-0.3, -0.25) is 9.59 Å². The summed E-state index contributed by atoms with van der Waals surface area (Å²) in [5.41, 5.74) is -0.519. The zero-order valence-electron chi connectivity index (χ0n) is 26.8.